The maximum absolute atomic E-state index is 13.1. The average Bonchev–Trinajstić information content (AvgIpc) is 3.37. The monoisotopic (exact) mass is 408 g/mol. The molecule has 0 aliphatic heterocycles. The van der Waals surface area contributed by atoms with E-state index in [1.54, 1.807) is 31.4 Å². The molecule has 1 amide bonds. The molecule has 4 aromatic rings. The Balaban J connectivity index is 1.39. The van der Waals surface area contributed by atoms with Crippen molar-refractivity contribution in [2.45, 2.75) is 6.54 Å². The van der Waals surface area contributed by atoms with Crippen LogP contribution in [0.2, 0.25) is 0 Å². The molecule has 0 unspecified atom stereocenters. The van der Waals surface area contributed by atoms with E-state index in [-0.39, 0.29) is 11.7 Å². The smallest absolute Gasteiger partial charge is 0.278 e. The van der Waals surface area contributed by atoms with E-state index in [9.17, 15) is 9.18 Å². The van der Waals surface area contributed by atoms with Crippen LogP contribution in [0, 0.1) is 5.82 Å². The first kappa shape index (κ1) is 18.8. The van der Waals surface area contributed by atoms with Gasteiger partial charge in [0, 0.05) is 30.7 Å². The molecule has 0 fully saturated rings. The van der Waals surface area contributed by atoms with Gasteiger partial charge in [0.2, 0.25) is 0 Å². The first-order valence-electron chi connectivity index (χ1n) is 8.83. The zero-order valence-electron chi connectivity index (χ0n) is 15.5. The van der Waals surface area contributed by atoms with Gasteiger partial charge in [-0.1, -0.05) is 23.5 Å². The Kier molecular flexibility index (Phi) is 5.35. The number of rotatable bonds is 6. The van der Waals surface area contributed by atoms with Gasteiger partial charge in [0.05, 0.1) is 5.69 Å². The summed E-state index contributed by atoms with van der Waals surface area (Å²) in [5.74, 6) is 0.132. The third kappa shape index (κ3) is 4.49. The standard InChI is InChI=1S/C21H17FN4O2S/c1-26-19(12-18(25-26)15-4-6-16(22)7-5-15)20(27)24-13-14-2-8-17(9-3-14)28-21-23-10-11-29-21/h2-12H,13H2,1H3,(H,24,27). The summed E-state index contributed by atoms with van der Waals surface area (Å²) in [4.78, 5) is 16.6. The Bertz CT molecular complexity index is 1110. The van der Waals surface area contributed by atoms with Crippen molar-refractivity contribution in [3.8, 4) is 22.2 Å². The first-order valence-corrected chi connectivity index (χ1v) is 9.71. The van der Waals surface area contributed by atoms with Crippen LogP contribution in [0.3, 0.4) is 0 Å². The van der Waals surface area contributed by atoms with Gasteiger partial charge in [-0.3, -0.25) is 9.48 Å². The van der Waals surface area contributed by atoms with Crippen molar-refractivity contribution in [2.75, 3.05) is 0 Å². The molecule has 0 aliphatic carbocycles. The molecule has 29 heavy (non-hydrogen) atoms. The normalized spacial score (nSPS) is 10.7. The number of aryl methyl sites for hydroxylation is 1. The lowest BCUT2D eigenvalue weighted by Crippen LogP contribution is -2.25. The summed E-state index contributed by atoms with van der Waals surface area (Å²) < 4.78 is 20.2. The van der Waals surface area contributed by atoms with Crippen molar-refractivity contribution in [2.24, 2.45) is 7.05 Å². The summed E-state index contributed by atoms with van der Waals surface area (Å²) in [5.41, 5.74) is 2.72. The molecule has 2 heterocycles. The lowest BCUT2D eigenvalue weighted by molar-refractivity contribution is 0.0941. The van der Waals surface area contributed by atoms with E-state index >= 15 is 0 Å². The molecule has 1 N–H and O–H groups in total. The van der Waals surface area contributed by atoms with E-state index in [2.05, 4.69) is 15.4 Å². The highest BCUT2D eigenvalue weighted by Crippen LogP contribution is 2.23. The Labute approximate surface area is 170 Å². The SMILES string of the molecule is Cn1nc(-c2ccc(F)cc2)cc1C(=O)NCc1ccc(Oc2nccs2)cc1. The molecular weight excluding hydrogens is 391 g/mol. The van der Waals surface area contributed by atoms with Gasteiger partial charge < -0.3 is 10.1 Å². The Hall–Kier alpha value is -3.52. The van der Waals surface area contributed by atoms with Crippen LogP contribution in [-0.2, 0) is 13.6 Å². The summed E-state index contributed by atoms with van der Waals surface area (Å²) in [7, 11) is 1.70. The fourth-order valence-electron chi connectivity index (χ4n) is 2.75. The predicted molar refractivity (Wildman–Crippen MR) is 108 cm³/mol. The van der Waals surface area contributed by atoms with Crippen molar-refractivity contribution in [3.05, 3.63) is 83.2 Å². The van der Waals surface area contributed by atoms with E-state index in [1.807, 2.05) is 29.6 Å². The topological polar surface area (TPSA) is 69.0 Å². The van der Waals surface area contributed by atoms with Crippen LogP contribution in [0.4, 0.5) is 4.39 Å². The number of hydrogen-bond acceptors (Lipinski definition) is 5. The second kappa shape index (κ2) is 8.24. The number of hydrogen-bond donors (Lipinski definition) is 1. The number of aromatic nitrogens is 3. The maximum Gasteiger partial charge on any atom is 0.278 e. The highest BCUT2D eigenvalue weighted by Gasteiger charge is 2.14. The largest absolute Gasteiger partial charge is 0.431 e. The first-order chi connectivity index (χ1) is 14.1. The number of carbonyl (C=O) groups is 1. The predicted octanol–water partition coefficient (Wildman–Crippen LogP) is 4.41. The van der Waals surface area contributed by atoms with Gasteiger partial charge in [-0.25, -0.2) is 9.37 Å². The van der Waals surface area contributed by atoms with Crippen LogP contribution >= 0.6 is 11.3 Å². The second-order valence-electron chi connectivity index (χ2n) is 6.27. The summed E-state index contributed by atoms with van der Waals surface area (Å²) in [6, 6.07) is 15.1. The van der Waals surface area contributed by atoms with E-state index in [0.717, 1.165) is 11.1 Å². The molecule has 0 aliphatic rings. The number of ether oxygens (including phenoxy) is 1. The number of halogens is 1. The molecule has 0 radical (unpaired) electrons. The van der Waals surface area contributed by atoms with Crippen LogP contribution in [-0.4, -0.2) is 20.7 Å². The van der Waals surface area contributed by atoms with E-state index in [0.29, 0.717) is 28.9 Å². The molecule has 0 bridgehead atoms. The summed E-state index contributed by atoms with van der Waals surface area (Å²) in [5, 5.41) is 9.66. The average molecular weight is 408 g/mol. The number of thiazole rings is 1. The zero-order valence-corrected chi connectivity index (χ0v) is 16.3. The highest BCUT2D eigenvalue weighted by molar-refractivity contribution is 7.11. The third-order valence-electron chi connectivity index (χ3n) is 4.24. The zero-order chi connectivity index (χ0) is 20.2. The van der Waals surface area contributed by atoms with Crippen molar-refractivity contribution in [3.63, 3.8) is 0 Å². The molecule has 0 atom stereocenters. The van der Waals surface area contributed by atoms with Gasteiger partial charge in [-0.2, -0.15) is 5.10 Å². The number of carbonyl (C=O) groups excluding carboxylic acids is 1. The molecule has 2 aromatic carbocycles. The van der Waals surface area contributed by atoms with E-state index < -0.39 is 0 Å². The fraction of sp³-hybridized carbons (Fsp3) is 0.0952. The number of nitrogens with zero attached hydrogens (tertiary/aromatic N) is 3. The number of benzene rings is 2. The molecule has 0 saturated heterocycles. The van der Waals surface area contributed by atoms with Crippen LogP contribution in [0.15, 0.2) is 66.2 Å². The van der Waals surface area contributed by atoms with Gasteiger partial charge in [0.1, 0.15) is 17.3 Å². The van der Waals surface area contributed by atoms with Crippen LogP contribution in [0.1, 0.15) is 16.1 Å². The molecule has 146 valence electrons. The second-order valence-corrected chi connectivity index (χ2v) is 7.13. The van der Waals surface area contributed by atoms with Crippen LogP contribution < -0.4 is 10.1 Å². The molecule has 4 rings (SSSR count). The lowest BCUT2D eigenvalue weighted by Gasteiger charge is -2.07. The third-order valence-corrected chi connectivity index (χ3v) is 4.89. The van der Waals surface area contributed by atoms with Crippen molar-refractivity contribution in [1.82, 2.24) is 20.1 Å². The minimum Gasteiger partial charge on any atom is -0.431 e. The van der Waals surface area contributed by atoms with Crippen molar-refractivity contribution in [1.29, 1.82) is 0 Å². The van der Waals surface area contributed by atoms with E-state index in [4.69, 9.17) is 4.74 Å². The lowest BCUT2D eigenvalue weighted by atomic mass is 10.1. The van der Waals surface area contributed by atoms with Crippen molar-refractivity contribution < 1.29 is 13.9 Å². The van der Waals surface area contributed by atoms with Gasteiger partial charge in [0.15, 0.2) is 0 Å². The molecule has 0 spiro atoms. The fourth-order valence-corrected chi connectivity index (χ4v) is 3.26. The molecule has 8 heteroatoms. The quantitative estimate of drug-likeness (QED) is 0.513. The highest BCUT2D eigenvalue weighted by atomic mass is 32.1. The molecule has 2 aromatic heterocycles. The minimum absolute atomic E-state index is 0.239. The maximum atomic E-state index is 13.1. The van der Waals surface area contributed by atoms with Gasteiger partial charge >= 0.3 is 0 Å². The number of amides is 1. The summed E-state index contributed by atoms with van der Waals surface area (Å²) >= 11 is 1.42. The minimum atomic E-state index is -0.314. The summed E-state index contributed by atoms with van der Waals surface area (Å²) in [6.45, 7) is 0.368. The number of nitrogens with one attached hydrogen (secondary N) is 1. The van der Waals surface area contributed by atoms with Gasteiger partial charge in [-0.05, 0) is 48.0 Å². The molecular formula is C21H17FN4O2S. The Morgan fingerprint density at radius 2 is 1.93 bits per heavy atom. The van der Waals surface area contributed by atoms with Crippen molar-refractivity contribution >= 4 is 17.2 Å². The Morgan fingerprint density at radius 1 is 1.17 bits per heavy atom. The molecule has 6 nitrogen and oxygen atoms in total. The van der Waals surface area contributed by atoms with Crippen LogP contribution in [0.25, 0.3) is 11.3 Å². The van der Waals surface area contributed by atoms with Crippen LogP contribution in [0.5, 0.6) is 10.9 Å². The summed E-state index contributed by atoms with van der Waals surface area (Å²) in [6.07, 6.45) is 1.68. The molecule has 0 saturated carbocycles. The van der Waals surface area contributed by atoms with E-state index in [1.165, 1.54) is 28.2 Å². The van der Waals surface area contributed by atoms with Gasteiger partial charge in [-0.15, -0.1) is 0 Å². The Morgan fingerprint density at radius 3 is 2.62 bits per heavy atom. The van der Waals surface area contributed by atoms with Gasteiger partial charge in [0.25, 0.3) is 11.1 Å².